The lowest BCUT2D eigenvalue weighted by Gasteiger charge is -2.18. The number of hydrogen-bond donors (Lipinski definition) is 1. The van der Waals surface area contributed by atoms with Gasteiger partial charge in [0.15, 0.2) is 0 Å². The maximum atomic E-state index is 12.2. The molecule has 0 spiro atoms. The smallest absolute Gasteiger partial charge is 0.307 e. The summed E-state index contributed by atoms with van der Waals surface area (Å²) in [7, 11) is -2.25. The molecule has 0 aliphatic heterocycles. The SMILES string of the molecule is Cc1cc(Br)c(S(=O)(=O)N(C)CC(C)C(=O)O)s1. The topological polar surface area (TPSA) is 74.7 Å². The number of thiophene rings is 1. The van der Waals surface area contributed by atoms with Crippen LogP contribution >= 0.6 is 27.3 Å². The molecule has 0 radical (unpaired) electrons. The summed E-state index contributed by atoms with van der Waals surface area (Å²) < 4.78 is 26.3. The van der Waals surface area contributed by atoms with Crippen LogP contribution < -0.4 is 0 Å². The van der Waals surface area contributed by atoms with Crippen molar-refractivity contribution in [2.24, 2.45) is 5.92 Å². The Morgan fingerprint density at radius 2 is 2.17 bits per heavy atom. The zero-order chi connectivity index (χ0) is 14.1. The van der Waals surface area contributed by atoms with E-state index in [0.717, 1.165) is 20.5 Å². The van der Waals surface area contributed by atoms with Crippen LogP contribution in [0.5, 0.6) is 0 Å². The molecule has 0 fully saturated rings. The van der Waals surface area contributed by atoms with Crippen LogP contribution in [0.1, 0.15) is 11.8 Å². The van der Waals surface area contributed by atoms with E-state index < -0.39 is 21.9 Å². The molecule has 1 atom stereocenters. The molecule has 1 rings (SSSR count). The van der Waals surface area contributed by atoms with Gasteiger partial charge in [0.2, 0.25) is 0 Å². The van der Waals surface area contributed by atoms with Gasteiger partial charge >= 0.3 is 5.97 Å². The zero-order valence-electron chi connectivity index (χ0n) is 10.2. The average molecular weight is 356 g/mol. The number of sulfonamides is 1. The largest absolute Gasteiger partial charge is 0.481 e. The van der Waals surface area contributed by atoms with E-state index in [1.54, 1.807) is 6.07 Å². The lowest BCUT2D eigenvalue weighted by atomic mass is 10.2. The highest BCUT2D eigenvalue weighted by Crippen LogP contribution is 2.33. The third kappa shape index (κ3) is 3.31. The third-order valence-corrected chi connectivity index (χ3v) is 6.91. The van der Waals surface area contributed by atoms with Crippen LogP contribution in [0, 0.1) is 12.8 Å². The number of aliphatic carboxylic acids is 1. The summed E-state index contributed by atoms with van der Waals surface area (Å²) >= 11 is 4.37. The number of hydrogen-bond acceptors (Lipinski definition) is 4. The van der Waals surface area contributed by atoms with Gasteiger partial charge in [-0.25, -0.2) is 8.42 Å². The lowest BCUT2D eigenvalue weighted by Crippen LogP contribution is -2.33. The van der Waals surface area contributed by atoms with Crippen molar-refractivity contribution >= 4 is 43.3 Å². The molecule has 8 heteroatoms. The second-order valence-corrected chi connectivity index (χ2v) is 8.37. The Labute approximate surface area is 119 Å². The quantitative estimate of drug-likeness (QED) is 0.877. The van der Waals surface area contributed by atoms with Gasteiger partial charge in [0, 0.05) is 22.9 Å². The van der Waals surface area contributed by atoms with Gasteiger partial charge in [0.25, 0.3) is 10.0 Å². The highest BCUT2D eigenvalue weighted by Gasteiger charge is 2.28. The molecule has 18 heavy (non-hydrogen) atoms. The first-order chi connectivity index (χ1) is 8.16. The first-order valence-electron chi connectivity index (χ1n) is 5.11. The second kappa shape index (κ2) is 5.68. The molecular weight excluding hydrogens is 342 g/mol. The monoisotopic (exact) mass is 355 g/mol. The maximum Gasteiger partial charge on any atom is 0.307 e. The highest BCUT2D eigenvalue weighted by molar-refractivity contribution is 9.10. The van der Waals surface area contributed by atoms with E-state index in [4.69, 9.17) is 5.11 Å². The van der Waals surface area contributed by atoms with Crippen LogP contribution in [0.2, 0.25) is 0 Å². The molecule has 0 amide bonds. The van der Waals surface area contributed by atoms with Gasteiger partial charge in [-0.15, -0.1) is 11.3 Å². The first kappa shape index (κ1) is 15.6. The van der Waals surface area contributed by atoms with Crippen LogP contribution in [-0.2, 0) is 14.8 Å². The summed E-state index contributed by atoms with van der Waals surface area (Å²) in [5, 5.41) is 8.80. The third-order valence-electron chi connectivity index (χ3n) is 2.38. The van der Waals surface area contributed by atoms with Gasteiger partial charge in [-0.05, 0) is 28.9 Å². The van der Waals surface area contributed by atoms with Crippen LogP contribution in [0.4, 0.5) is 0 Å². The molecule has 1 heterocycles. The first-order valence-corrected chi connectivity index (χ1v) is 8.16. The Bertz CT molecular complexity index is 552. The van der Waals surface area contributed by atoms with Crippen molar-refractivity contribution in [2.45, 2.75) is 18.1 Å². The Hall–Kier alpha value is -0.440. The minimum Gasteiger partial charge on any atom is -0.481 e. The lowest BCUT2D eigenvalue weighted by molar-refractivity contribution is -0.141. The van der Waals surface area contributed by atoms with Crippen LogP contribution in [0.25, 0.3) is 0 Å². The van der Waals surface area contributed by atoms with Gasteiger partial charge in [-0.1, -0.05) is 6.92 Å². The summed E-state index contributed by atoms with van der Waals surface area (Å²) in [6.45, 7) is 3.23. The molecule has 1 unspecified atom stereocenters. The summed E-state index contributed by atoms with van der Waals surface area (Å²) in [5.74, 6) is -1.76. The predicted molar refractivity (Wildman–Crippen MR) is 73.4 cm³/mol. The van der Waals surface area contributed by atoms with Crippen LogP contribution in [0.15, 0.2) is 14.7 Å². The number of nitrogens with zero attached hydrogens (tertiary/aromatic N) is 1. The van der Waals surface area contributed by atoms with Gasteiger partial charge < -0.3 is 5.11 Å². The minimum atomic E-state index is -3.64. The predicted octanol–water partition coefficient (Wildman–Crippen LogP) is 2.16. The fourth-order valence-corrected chi connectivity index (χ4v) is 5.52. The molecule has 0 aliphatic rings. The number of aryl methyl sites for hydroxylation is 1. The van der Waals surface area contributed by atoms with Crippen molar-refractivity contribution in [1.29, 1.82) is 0 Å². The van der Waals surface area contributed by atoms with E-state index in [-0.39, 0.29) is 10.8 Å². The number of rotatable bonds is 5. The molecule has 0 saturated heterocycles. The van der Waals surface area contributed by atoms with E-state index >= 15 is 0 Å². The van der Waals surface area contributed by atoms with Crippen LogP contribution in [-0.4, -0.2) is 37.4 Å². The molecule has 1 aromatic heterocycles. The Balaban J connectivity index is 3.00. The zero-order valence-corrected chi connectivity index (χ0v) is 13.4. The number of carbonyl (C=O) groups is 1. The van der Waals surface area contributed by atoms with Crippen molar-refractivity contribution in [1.82, 2.24) is 4.31 Å². The van der Waals surface area contributed by atoms with Crippen molar-refractivity contribution in [2.75, 3.05) is 13.6 Å². The summed E-state index contributed by atoms with van der Waals surface area (Å²) in [6, 6.07) is 1.73. The van der Waals surface area contributed by atoms with E-state index in [1.807, 2.05) is 6.92 Å². The number of halogens is 1. The molecule has 1 aromatic rings. The summed E-state index contributed by atoms with van der Waals surface area (Å²) in [6.07, 6.45) is 0. The van der Waals surface area contributed by atoms with Crippen molar-refractivity contribution in [3.05, 3.63) is 15.4 Å². The Morgan fingerprint density at radius 1 is 1.61 bits per heavy atom. The Kier molecular flexibility index (Phi) is 4.93. The van der Waals surface area contributed by atoms with E-state index in [1.165, 1.54) is 14.0 Å². The number of carboxylic acid groups (broad SMARTS) is 1. The molecule has 0 aliphatic carbocycles. The average Bonchev–Trinajstić information content (AvgIpc) is 2.57. The second-order valence-electron chi connectivity index (χ2n) is 4.02. The van der Waals surface area contributed by atoms with Crippen LogP contribution in [0.3, 0.4) is 0 Å². The molecule has 102 valence electrons. The molecule has 0 aromatic carbocycles. The fraction of sp³-hybridized carbons (Fsp3) is 0.500. The highest BCUT2D eigenvalue weighted by atomic mass is 79.9. The van der Waals surface area contributed by atoms with Crippen molar-refractivity contribution in [3.63, 3.8) is 0 Å². The number of carboxylic acids is 1. The standard InChI is InChI=1S/C10H14BrNO4S2/c1-6(9(13)14)5-12(3)18(15,16)10-8(11)4-7(2)17-10/h4,6H,5H2,1-3H3,(H,13,14). The van der Waals surface area contributed by atoms with E-state index in [9.17, 15) is 13.2 Å². The molecule has 0 saturated carbocycles. The van der Waals surface area contributed by atoms with Gasteiger partial charge in [-0.3, -0.25) is 4.79 Å². The maximum absolute atomic E-state index is 12.2. The minimum absolute atomic E-state index is 0.0545. The molecule has 0 bridgehead atoms. The normalized spacial score (nSPS) is 13.8. The van der Waals surface area contributed by atoms with Gasteiger partial charge in [0.05, 0.1) is 5.92 Å². The van der Waals surface area contributed by atoms with Crippen molar-refractivity contribution in [3.8, 4) is 0 Å². The summed E-state index contributed by atoms with van der Waals surface area (Å²) in [5.41, 5.74) is 0. The molecule has 5 nitrogen and oxygen atoms in total. The Morgan fingerprint density at radius 3 is 2.56 bits per heavy atom. The van der Waals surface area contributed by atoms with Gasteiger partial charge in [0.1, 0.15) is 4.21 Å². The van der Waals surface area contributed by atoms with E-state index in [2.05, 4.69) is 15.9 Å². The fourth-order valence-electron chi connectivity index (χ4n) is 1.34. The van der Waals surface area contributed by atoms with Gasteiger partial charge in [-0.2, -0.15) is 4.31 Å². The van der Waals surface area contributed by atoms with E-state index in [0.29, 0.717) is 4.47 Å². The molecular formula is C10H14BrNO4S2. The summed E-state index contributed by atoms with van der Waals surface area (Å²) in [4.78, 5) is 11.6. The molecule has 1 N–H and O–H groups in total. The van der Waals surface area contributed by atoms with Crippen molar-refractivity contribution < 1.29 is 18.3 Å².